The van der Waals surface area contributed by atoms with Crippen LogP contribution in [-0.2, 0) is 10.2 Å². The van der Waals surface area contributed by atoms with Crippen molar-refractivity contribution in [1.29, 1.82) is 0 Å². The van der Waals surface area contributed by atoms with Gasteiger partial charge in [-0.1, -0.05) is 25.3 Å². The minimum absolute atomic E-state index is 0.0613. The molecule has 1 aliphatic rings. The van der Waals surface area contributed by atoms with Crippen LogP contribution in [0.15, 0.2) is 58.5 Å². The molecule has 6 rings (SSSR count). The Bertz CT molecular complexity index is 1980. The van der Waals surface area contributed by atoms with Crippen molar-refractivity contribution in [2.45, 2.75) is 30.7 Å². The number of halogens is 1. The zero-order chi connectivity index (χ0) is 27.3. The Morgan fingerprint density at radius 3 is 2.69 bits per heavy atom. The topological polar surface area (TPSA) is 106 Å². The molecule has 0 bridgehead atoms. The zero-order valence-electron chi connectivity index (χ0n) is 21.1. The van der Waals surface area contributed by atoms with Gasteiger partial charge in [-0.2, -0.15) is 8.42 Å². The minimum atomic E-state index is -4.97. The highest BCUT2D eigenvalue weighted by molar-refractivity contribution is 7.86. The molecule has 0 spiro atoms. The van der Waals surface area contributed by atoms with E-state index in [1.165, 1.54) is 12.3 Å². The first-order valence-electron chi connectivity index (χ1n) is 12.7. The molecule has 0 unspecified atom stereocenters. The van der Waals surface area contributed by atoms with E-state index >= 15 is 0 Å². The standard InChI is InChI=1S/C29H25FN4O4S/c1-3-5-8-38-26-12-23-25(11-22(26)18-10-20(16-31-13-18)39(30,36)37)34(19-14-32-15-19)29-27(28(23)35)21-7-6-17(4-2)9-24(21)33-29/h2,6-7,9-13,16,19,32-33H,3,5,8,14-15H2,1H3. The summed E-state index contributed by atoms with van der Waals surface area (Å²) >= 11 is 0. The molecule has 3 aromatic heterocycles. The van der Waals surface area contributed by atoms with Crippen LogP contribution in [0, 0.1) is 12.3 Å². The monoisotopic (exact) mass is 544 g/mol. The van der Waals surface area contributed by atoms with Crippen LogP contribution in [0.4, 0.5) is 3.89 Å². The Morgan fingerprint density at radius 2 is 2.00 bits per heavy atom. The summed E-state index contributed by atoms with van der Waals surface area (Å²) in [6, 6.07) is 10.3. The van der Waals surface area contributed by atoms with Crippen molar-refractivity contribution in [3.8, 4) is 29.2 Å². The SMILES string of the molecule is C#Cc1ccc2c(c1)[nH]c1c2c(=O)c2cc(OCCCC)c(-c3cncc(S(=O)(=O)F)c3)cc2n1C1CNC1. The molecule has 0 amide bonds. The van der Waals surface area contributed by atoms with Crippen LogP contribution < -0.4 is 15.5 Å². The van der Waals surface area contributed by atoms with Crippen molar-refractivity contribution < 1.29 is 17.0 Å². The van der Waals surface area contributed by atoms with E-state index in [2.05, 4.69) is 25.8 Å². The molecule has 10 heteroatoms. The lowest BCUT2D eigenvalue weighted by molar-refractivity contribution is 0.311. The average Bonchev–Trinajstić information content (AvgIpc) is 3.28. The van der Waals surface area contributed by atoms with Crippen LogP contribution >= 0.6 is 0 Å². The van der Waals surface area contributed by atoms with Gasteiger partial charge in [-0.15, -0.1) is 10.3 Å². The van der Waals surface area contributed by atoms with E-state index in [0.29, 0.717) is 64.1 Å². The van der Waals surface area contributed by atoms with Crippen LogP contribution in [0.2, 0.25) is 0 Å². The number of pyridine rings is 2. The van der Waals surface area contributed by atoms with Crippen molar-refractivity contribution in [1.82, 2.24) is 19.9 Å². The molecule has 0 aliphatic carbocycles. The maximum atomic E-state index is 14.0. The van der Waals surface area contributed by atoms with Gasteiger partial charge in [-0.05, 0) is 36.8 Å². The molecule has 2 N–H and O–H groups in total. The van der Waals surface area contributed by atoms with Gasteiger partial charge in [0, 0.05) is 53.1 Å². The Morgan fingerprint density at radius 1 is 1.18 bits per heavy atom. The second kappa shape index (κ2) is 9.52. The summed E-state index contributed by atoms with van der Waals surface area (Å²) in [6.45, 7) is 3.85. The van der Waals surface area contributed by atoms with E-state index in [-0.39, 0.29) is 11.5 Å². The van der Waals surface area contributed by atoms with Gasteiger partial charge in [0.1, 0.15) is 16.3 Å². The number of terminal acetylenes is 1. The van der Waals surface area contributed by atoms with E-state index in [1.807, 2.05) is 25.1 Å². The quantitative estimate of drug-likeness (QED) is 0.175. The number of nitrogens with one attached hydrogen (secondary N) is 2. The summed E-state index contributed by atoms with van der Waals surface area (Å²) < 4.78 is 45.3. The van der Waals surface area contributed by atoms with Gasteiger partial charge in [0.25, 0.3) is 0 Å². The molecule has 1 aliphatic heterocycles. The number of fused-ring (bicyclic) bond motifs is 4. The second-order valence-electron chi connectivity index (χ2n) is 9.68. The number of hydrogen-bond acceptors (Lipinski definition) is 6. The van der Waals surface area contributed by atoms with Crippen LogP contribution in [-0.4, -0.2) is 42.6 Å². The van der Waals surface area contributed by atoms with Crippen molar-refractivity contribution in [2.75, 3.05) is 19.7 Å². The van der Waals surface area contributed by atoms with Crippen LogP contribution in [0.3, 0.4) is 0 Å². The first-order chi connectivity index (χ1) is 18.8. The number of H-pyrrole nitrogens is 1. The van der Waals surface area contributed by atoms with Crippen molar-refractivity contribution in [3.05, 3.63) is 64.6 Å². The van der Waals surface area contributed by atoms with E-state index in [4.69, 9.17) is 11.2 Å². The normalized spacial score (nSPS) is 14.1. The lowest BCUT2D eigenvalue weighted by Crippen LogP contribution is -2.44. The van der Waals surface area contributed by atoms with Crippen molar-refractivity contribution in [3.63, 3.8) is 0 Å². The highest BCUT2D eigenvalue weighted by Gasteiger charge is 2.27. The third-order valence-electron chi connectivity index (χ3n) is 7.20. The number of ether oxygens (including phenoxy) is 1. The fourth-order valence-corrected chi connectivity index (χ4v) is 5.55. The Labute approximate surface area is 224 Å². The maximum Gasteiger partial charge on any atom is 0.333 e. The molecule has 198 valence electrons. The second-order valence-corrected chi connectivity index (χ2v) is 11.0. The fourth-order valence-electron chi connectivity index (χ4n) is 5.09. The molecule has 0 atom stereocenters. The molecule has 2 aromatic carbocycles. The summed E-state index contributed by atoms with van der Waals surface area (Å²) in [4.78, 5) is 20.9. The molecule has 5 aromatic rings. The van der Waals surface area contributed by atoms with Crippen LogP contribution in [0.5, 0.6) is 5.75 Å². The number of nitrogens with zero attached hydrogens (tertiary/aromatic N) is 2. The highest BCUT2D eigenvalue weighted by Crippen LogP contribution is 2.38. The molecule has 39 heavy (non-hydrogen) atoms. The number of unbranched alkanes of at least 4 members (excludes halogenated alkanes) is 1. The number of aromatic nitrogens is 3. The van der Waals surface area contributed by atoms with Gasteiger partial charge in [0.15, 0.2) is 5.43 Å². The van der Waals surface area contributed by atoms with E-state index in [0.717, 1.165) is 29.9 Å². The Hall–Kier alpha value is -4.20. The lowest BCUT2D eigenvalue weighted by atomic mass is 10.0. The lowest BCUT2D eigenvalue weighted by Gasteiger charge is -2.32. The van der Waals surface area contributed by atoms with Gasteiger partial charge in [0.05, 0.1) is 28.9 Å². The summed E-state index contributed by atoms with van der Waals surface area (Å²) in [6.07, 6.45) is 9.72. The highest BCUT2D eigenvalue weighted by atomic mass is 32.3. The molecule has 4 heterocycles. The predicted octanol–water partition coefficient (Wildman–Crippen LogP) is 4.66. The number of aromatic amines is 1. The summed E-state index contributed by atoms with van der Waals surface area (Å²) in [5, 5.41) is 5.10. The molecule has 0 radical (unpaired) electrons. The third kappa shape index (κ3) is 4.24. The summed E-state index contributed by atoms with van der Waals surface area (Å²) in [7, 11) is -4.97. The van der Waals surface area contributed by atoms with E-state index in [1.54, 1.807) is 12.1 Å². The smallest absolute Gasteiger partial charge is 0.333 e. The van der Waals surface area contributed by atoms with Crippen molar-refractivity contribution in [2.24, 2.45) is 0 Å². The minimum Gasteiger partial charge on any atom is -0.493 e. The molecular weight excluding hydrogens is 519 g/mol. The third-order valence-corrected chi connectivity index (χ3v) is 7.99. The van der Waals surface area contributed by atoms with Gasteiger partial charge >= 0.3 is 10.2 Å². The Balaban J connectivity index is 1.70. The van der Waals surface area contributed by atoms with Gasteiger partial charge < -0.3 is 19.6 Å². The van der Waals surface area contributed by atoms with Gasteiger partial charge in [-0.3, -0.25) is 9.78 Å². The molecule has 8 nitrogen and oxygen atoms in total. The van der Waals surface area contributed by atoms with Gasteiger partial charge in [-0.25, -0.2) is 0 Å². The molecular formula is C29H25FN4O4S. The number of hydrogen-bond donors (Lipinski definition) is 2. The first kappa shape index (κ1) is 25.1. The molecule has 0 saturated carbocycles. The summed E-state index contributed by atoms with van der Waals surface area (Å²) in [5.41, 5.74) is 3.50. The number of benzene rings is 2. The predicted molar refractivity (Wildman–Crippen MR) is 149 cm³/mol. The van der Waals surface area contributed by atoms with Crippen LogP contribution in [0.1, 0.15) is 31.4 Å². The molecule has 1 saturated heterocycles. The maximum absolute atomic E-state index is 14.0. The summed E-state index contributed by atoms with van der Waals surface area (Å²) in [5.74, 6) is 3.03. The molecule has 1 fully saturated rings. The fraction of sp³-hybridized carbons (Fsp3) is 0.241. The first-order valence-corrected chi connectivity index (χ1v) is 14.1. The number of rotatable bonds is 7. The van der Waals surface area contributed by atoms with Crippen LogP contribution in [0.25, 0.3) is 44.0 Å². The Kier molecular flexibility index (Phi) is 6.13. The van der Waals surface area contributed by atoms with Crippen molar-refractivity contribution >= 4 is 43.1 Å². The van der Waals surface area contributed by atoms with E-state index < -0.39 is 15.1 Å². The zero-order valence-corrected chi connectivity index (χ0v) is 21.9. The average molecular weight is 545 g/mol. The van der Waals surface area contributed by atoms with Gasteiger partial charge in [0.2, 0.25) is 0 Å². The largest absolute Gasteiger partial charge is 0.493 e. The van der Waals surface area contributed by atoms with E-state index in [9.17, 15) is 17.1 Å².